The molecule has 75 heavy (non-hydrogen) atoms. The number of aryl methyl sites for hydroxylation is 1. The van der Waals surface area contributed by atoms with Crippen LogP contribution in [0.5, 0.6) is 0 Å². The first-order valence-electron chi connectivity index (χ1n) is 26.0. The highest BCUT2D eigenvalue weighted by molar-refractivity contribution is 6.07. The maximum atomic E-state index is 14.1. The SMILES string of the molecule is C=CC(=O)Nc1cc(Nc2nc(-c3ccnc(N4CCn5c(cc6c5CC(C)(C)C6)C4=O)c3CO)cn(C)c2=O)ccc1N1CCN(C2CCN(c3ccc4c(c3)CN(C3CCC(=O)N(C)C3=O)C4=O)CC2)C[C@@H]1C. The van der Waals surface area contributed by atoms with Crippen molar-refractivity contribution in [3.63, 3.8) is 0 Å². The monoisotopic (exact) mass is 1020 g/mol. The molecule has 2 aromatic carbocycles. The van der Waals surface area contributed by atoms with Crippen molar-refractivity contribution in [3.05, 3.63) is 118 Å². The van der Waals surface area contributed by atoms with Gasteiger partial charge in [0, 0.05) is 131 Å². The van der Waals surface area contributed by atoms with Crippen molar-refractivity contribution in [3.8, 4) is 11.3 Å². The smallest absolute Gasteiger partial charge is 0.293 e. The molecule has 1 aliphatic carbocycles. The van der Waals surface area contributed by atoms with Crippen LogP contribution in [0.15, 0.2) is 78.4 Å². The number of piperazine rings is 1. The van der Waals surface area contributed by atoms with Crippen LogP contribution in [0, 0.1) is 5.41 Å². The summed E-state index contributed by atoms with van der Waals surface area (Å²) in [5.41, 5.74) is 8.64. The Morgan fingerprint density at radius 2 is 1.68 bits per heavy atom. The lowest BCUT2D eigenvalue weighted by Crippen LogP contribution is -2.57. The molecule has 3 saturated heterocycles. The molecule has 19 nitrogen and oxygen atoms in total. The molecule has 1 unspecified atom stereocenters. The summed E-state index contributed by atoms with van der Waals surface area (Å²) < 4.78 is 3.56. The number of rotatable bonds is 11. The van der Waals surface area contributed by atoms with Crippen molar-refractivity contribution < 1.29 is 29.1 Å². The number of pyridine rings is 1. The fraction of sp³-hybridized carbons (Fsp3) is 0.429. The van der Waals surface area contributed by atoms with Crippen LogP contribution in [0.3, 0.4) is 0 Å². The van der Waals surface area contributed by atoms with E-state index in [4.69, 9.17) is 4.98 Å². The van der Waals surface area contributed by atoms with Gasteiger partial charge in [0.25, 0.3) is 23.3 Å². The molecule has 11 rings (SSSR count). The third kappa shape index (κ3) is 8.94. The van der Waals surface area contributed by atoms with Gasteiger partial charge in [-0.2, -0.15) is 0 Å². The number of aliphatic hydroxyl groups is 1. The highest BCUT2D eigenvalue weighted by Crippen LogP contribution is 2.41. The van der Waals surface area contributed by atoms with Crippen molar-refractivity contribution >= 4 is 63.9 Å². The number of piperidine rings is 2. The van der Waals surface area contributed by atoms with Crippen LogP contribution >= 0.6 is 0 Å². The highest BCUT2D eigenvalue weighted by Gasteiger charge is 2.42. The molecule has 390 valence electrons. The van der Waals surface area contributed by atoms with Gasteiger partial charge in [0.05, 0.1) is 23.7 Å². The van der Waals surface area contributed by atoms with E-state index in [9.17, 15) is 33.9 Å². The number of hydrogen-bond donors (Lipinski definition) is 3. The molecule has 3 fully saturated rings. The van der Waals surface area contributed by atoms with Crippen molar-refractivity contribution in [1.82, 2.24) is 33.8 Å². The van der Waals surface area contributed by atoms with E-state index in [-0.39, 0.29) is 53.2 Å². The molecule has 5 amide bonds. The highest BCUT2D eigenvalue weighted by atomic mass is 16.3. The maximum Gasteiger partial charge on any atom is 0.293 e. The van der Waals surface area contributed by atoms with E-state index in [1.54, 1.807) is 41.4 Å². The van der Waals surface area contributed by atoms with E-state index in [1.807, 2.05) is 30.3 Å². The minimum atomic E-state index is -0.630. The molecule has 0 bridgehead atoms. The van der Waals surface area contributed by atoms with Gasteiger partial charge < -0.3 is 39.6 Å². The fourth-order valence-corrected chi connectivity index (χ4v) is 12.5. The summed E-state index contributed by atoms with van der Waals surface area (Å²) in [5, 5.41) is 17.1. The van der Waals surface area contributed by atoms with Crippen LogP contribution < -0.4 is 30.9 Å². The first-order chi connectivity index (χ1) is 36.0. The lowest BCUT2D eigenvalue weighted by atomic mass is 9.90. The number of fused-ring (bicyclic) bond motifs is 4. The first kappa shape index (κ1) is 49.6. The number of nitrogens with zero attached hydrogens (tertiary/aromatic N) is 10. The summed E-state index contributed by atoms with van der Waals surface area (Å²) in [6.45, 7) is 15.4. The number of likely N-dealkylation sites (tertiary alicyclic amines) is 1. The van der Waals surface area contributed by atoms with Crippen LogP contribution in [0.4, 0.5) is 34.4 Å². The first-order valence-corrected chi connectivity index (χ1v) is 26.0. The zero-order valence-electron chi connectivity index (χ0n) is 43.3. The average Bonchev–Trinajstić information content (AvgIpc) is 4.06. The van der Waals surface area contributed by atoms with Crippen LogP contribution in [0.2, 0.25) is 0 Å². The van der Waals surface area contributed by atoms with Crippen molar-refractivity contribution in [2.45, 2.75) is 97.1 Å². The van der Waals surface area contributed by atoms with E-state index in [1.165, 1.54) is 28.9 Å². The van der Waals surface area contributed by atoms with Crippen molar-refractivity contribution in [2.75, 3.05) is 71.6 Å². The summed E-state index contributed by atoms with van der Waals surface area (Å²) >= 11 is 0. The minimum Gasteiger partial charge on any atom is -0.392 e. The van der Waals surface area contributed by atoms with Crippen LogP contribution in [0.25, 0.3) is 11.3 Å². The molecular weight excluding hydrogens is 953 g/mol. The van der Waals surface area contributed by atoms with Gasteiger partial charge in [-0.25, -0.2) is 9.97 Å². The number of imide groups is 1. The molecule has 5 aromatic rings. The Balaban J connectivity index is 0.761. The molecule has 0 radical (unpaired) electrons. The van der Waals surface area contributed by atoms with Gasteiger partial charge in [-0.1, -0.05) is 20.4 Å². The van der Waals surface area contributed by atoms with E-state index < -0.39 is 18.2 Å². The van der Waals surface area contributed by atoms with E-state index in [2.05, 4.69) is 68.3 Å². The van der Waals surface area contributed by atoms with E-state index in [0.717, 1.165) is 80.2 Å². The number of hydrogen-bond acceptors (Lipinski definition) is 13. The summed E-state index contributed by atoms with van der Waals surface area (Å²) in [7, 11) is 3.12. The van der Waals surface area contributed by atoms with E-state index in [0.29, 0.717) is 77.4 Å². The number of amides is 5. The molecule has 5 aliphatic heterocycles. The number of benzene rings is 2. The Hall–Kier alpha value is -7.64. The second kappa shape index (κ2) is 19.2. The van der Waals surface area contributed by atoms with Gasteiger partial charge in [0.15, 0.2) is 5.82 Å². The van der Waals surface area contributed by atoms with Gasteiger partial charge in [-0.15, -0.1) is 0 Å². The average molecular weight is 1020 g/mol. The number of aromatic nitrogens is 4. The summed E-state index contributed by atoms with van der Waals surface area (Å²) in [6.07, 6.45) is 8.78. The number of carbonyl (C=O) groups is 5. The molecule has 3 aromatic heterocycles. The summed E-state index contributed by atoms with van der Waals surface area (Å²) in [6, 6.07) is 15.1. The van der Waals surface area contributed by atoms with E-state index >= 15 is 0 Å². The van der Waals surface area contributed by atoms with Gasteiger partial charge in [-0.3, -0.25) is 43.5 Å². The van der Waals surface area contributed by atoms with Gasteiger partial charge >= 0.3 is 0 Å². The maximum absolute atomic E-state index is 14.1. The minimum absolute atomic E-state index is 0.0291. The third-order valence-electron chi connectivity index (χ3n) is 16.4. The predicted octanol–water partition coefficient (Wildman–Crippen LogP) is 5.07. The third-order valence-corrected chi connectivity index (χ3v) is 16.4. The standard InChI is InChI=1S/C56H64N12O7/c1-7-48(70)59-42-26-36(58-50-55(75)61(5)31-43(60-50)40-14-17-57-51(41(40)32-69)67-23-22-66-46(54(67)74)25-34-27-56(3,4)28-47(34)66)8-11-44(42)65-21-20-64(29-33(65)2)37-15-18-63(19-16-37)38-9-10-39-35(24-38)30-68(52(39)72)45-12-13-49(71)62(6)53(45)73/h7-11,14,17,24-26,31,33,37,45,69H,1,12-13,15-16,18-23,27-30,32H2,2-6H3,(H,58,60)(H,59,70)/t33-,45?/m0/s1. The second-order valence-corrected chi connectivity index (χ2v) is 21.8. The molecule has 6 aliphatic rings. The normalized spacial score (nSPS) is 20.9. The Labute approximate surface area is 435 Å². The Morgan fingerprint density at radius 1 is 0.880 bits per heavy atom. The lowest BCUT2D eigenvalue weighted by Gasteiger charge is -2.47. The van der Waals surface area contributed by atoms with Gasteiger partial charge in [-0.05, 0) is 110 Å². The molecule has 3 N–H and O–H groups in total. The van der Waals surface area contributed by atoms with Crippen LogP contribution in [0.1, 0.15) is 89.7 Å². The molecule has 19 heteroatoms. The lowest BCUT2D eigenvalue weighted by molar-refractivity contribution is -0.150. The predicted molar refractivity (Wildman–Crippen MR) is 285 cm³/mol. The molecule has 0 spiro atoms. The number of likely N-dealkylation sites (N-methyl/N-ethyl adjacent to an activating group) is 1. The summed E-state index contributed by atoms with van der Waals surface area (Å²) in [4.78, 5) is 100. The van der Waals surface area contributed by atoms with Crippen LogP contribution in [-0.4, -0.2) is 133 Å². The molecule has 8 heterocycles. The number of carbonyl (C=O) groups excluding carboxylic acids is 5. The van der Waals surface area contributed by atoms with Crippen molar-refractivity contribution in [1.29, 1.82) is 0 Å². The zero-order valence-corrected chi connectivity index (χ0v) is 43.3. The largest absolute Gasteiger partial charge is 0.392 e. The number of aliphatic hydroxyl groups excluding tert-OH is 1. The fourth-order valence-electron chi connectivity index (χ4n) is 12.5. The van der Waals surface area contributed by atoms with Crippen molar-refractivity contribution in [2.24, 2.45) is 12.5 Å². The topological polar surface area (TPSA) is 202 Å². The quantitative estimate of drug-likeness (QED) is 0.117. The second-order valence-electron chi connectivity index (χ2n) is 21.8. The molecule has 0 saturated carbocycles. The molecule has 2 atom stereocenters. The Bertz CT molecular complexity index is 3260. The Morgan fingerprint density at radius 3 is 2.44 bits per heavy atom. The van der Waals surface area contributed by atoms with Crippen LogP contribution in [-0.2, 0) is 54.0 Å². The van der Waals surface area contributed by atoms with Gasteiger partial charge in [0.1, 0.15) is 17.6 Å². The van der Waals surface area contributed by atoms with Gasteiger partial charge in [0.2, 0.25) is 11.8 Å². The Kier molecular flexibility index (Phi) is 12.7. The zero-order chi connectivity index (χ0) is 52.6. The number of nitrogens with one attached hydrogen (secondary N) is 2. The number of anilines is 6. The molecular formula is C56H64N12O7. The summed E-state index contributed by atoms with van der Waals surface area (Å²) in [5.74, 6) is -0.873.